The van der Waals surface area contributed by atoms with Gasteiger partial charge in [0, 0.05) is 6.04 Å². The summed E-state index contributed by atoms with van der Waals surface area (Å²) in [6, 6.07) is 0.441. The zero-order valence-corrected chi connectivity index (χ0v) is 12.2. The van der Waals surface area contributed by atoms with Crippen LogP contribution in [0.2, 0.25) is 0 Å². The van der Waals surface area contributed by atoms with E-state index in [-0.39, 0.29) is 18.0 Å². The van der Waals surface area contributed by atoms with Crippen molar-refractivity contribution in [2.75, 3.05) is 6.54 Å². The molecule has 0 aromatic heterocycles. The second kappa shape index (κ2) is 8.52. The molecule has 106 valence electrons. The van der Waals surface area contributed by atoms with Crippen LogP contribution in [0.3, 0.4) is 0 Å². The lowest BCUT2D eigenvalue weighted by Gasteiger charge is -2.27. The number of rotatable bonds is 7. The fourth-order valence-electron chi connectivity index (χ4n) is 2.56. The van der Waals surface area contributed by atoms with E-state index in [0.717, 1.165) is 25.8 Å². The molecule has 1 heterocycles. The van der Waals surface area contributed by atoms with Crippen LogP contribution in [-0.2, 0) is 9.53 Å². The SMILES string of the molecule is CCCCCCC(C)OC(=O)C1CCNC(C)C1. The van der Waals surface area contributed by atoms with Crippen molar-refractivity contribution in [3.05, 3.63) is 0 Å². The van der Waals surface area contributed by atoms with Gasteiger partial charge in [-0.1, -0.05) is 26.2 Å². The standard InChI is InChI=1S/C15H29NO2/c1-4-5-6-7-8-13(3)18-15(17)14-9-10-16-12(2)11-14/h12-14,16H,4-11H2,1-3H3. The molecule has 1 N–H and O–H groups in total. The van der Waals surface area contributed by atoms with Crippen molar-refractivity contribution in [2.24, 2.45) is 5.92 Å². The molecule has 1 fully saturated rings. The lowest BCUT2D eigenvalue weighted by atomic mass is 9.93. The Morgan fingerprint density at radius 2 is 2.17 bits per heavy atom. The third-order valence-electron chi connectivity index (χ3n) is 3.74. The first kappa shape index (κ1) is 15.5. The van der Waals surface area contributed by atoms with Gasteiger partial charge >= 0.3 is 5.97 Å². The van der Waals surface area contributed by atoms with Crippen molar-refractivity contribution in [3.63, 3.8) is 0 Å². The minimum atomic E-state index is 0.0198. The number of nitrogens with one attached hydrogen (secondary N) is 1. The molecule has 0 radical (unpaired) electrons. The molecule has 0 bridgehead atoms. The minimum absolute atomic E-state index is 0.0198. The van der Waals surface area contributed by atoms with Crippen molar-refractivity contribution >= 4 is 5.97 Å². The summed E-state index contributed by atoms with van der Waals surface area (Å²) >= 11 is 0. The largest absolute Gasteiger partial charge is 0.462 e. The van der Waals surface area contributed by atoms with E-state index >= 15 is 0 Å². The van der Waals surface area contributed by atoms with Gasteiger partial charge in [-0.15, -0.1) is 0 Å². The Balaban J connectivity index is 2.17. The Kier molecular flexibility index (Phi) is 7.33. The summed E-state index contributed by atoms with van der Waals surface area (Å²) in [6.45, 7) is 7.30. The van der Waals surface area contributed by atoms with Gasteiger partial charge in [-0.05, 0) is 46.1 Å². The van der Waals surface area contributed by atoms with Crippen molar-refractivity contribution < 1.29 is 9.53 Å². The summed E-state index contributed by atoms with van der Waals surface area (Å²) in [4.78, 5) is 12.0. The summed E-state index contributed by atoms with van der Waals surface area (Å²) in [5.41, 5.74) is 0. The Morgan fingerprint density at radius 3 is 2.83 bits per heavy atom. The highest BCUT2D eigenvalue weighted by molar-refractivity contribution is 5.72. The number of hydrogen-bond acceptors (Lipinski definition) is 3. The summed E-state index contributed by atoms with van der Waals surface area (Å²) in [5.74, 6) is 0.130. The molecule has 0 amide bonds. The molecule has 0 aromatic carbocycles. The Morgan fingerprint density at radius 1 is 1.39 bits per heavy atom. The third-order valence-corrected chi connectivity index (χ3v) is 3.74. The van der Waals surface area contributed by atoms with Crippen LogP contribution in [0.1, 0.15) is 65.7 Å². The molecule has 0 aliphatic carbocycles. The number of unbranched alkanes of at least 4 members (excludes halogenated alkanes) is 3. The number of carbonyl (C=O) groups is 1. The van der Waals surface area contributed by atoms with Gasteiger partial charge in [0.2, 0.25) is 0 Å². The van der Waals surface area contributed by atoms with Crippen LogP contribution in [0.5, 0.6) is 0 Å². The quantitative estimate of drug-likeness (QED) is 0.560. The zero-order valence-electron chi connectivity index (χ0n) is 12.2. The summed E-state index contributed by atoms with van der Waals surface area (Å²) < 4.78 is 5.55. The van der Waals surface area contributed by atoms with Crippen LogP contribution >= 0.6 is 0 Å². The lowest BCUT2D eigenvalue weighted by Crippen LogP contribution is -2.39. The van der Waals surface area contributed by atoms with E-state index in [0.29, 0.717) is 6.04 Å². The molecule has 3 heteroatoms. The monoisotopic (exact) mass is 255 g/mol. The number of ether oxygens (including phenoxy) is 1. The van der Waals surface area contributed by atoms with Crippen molar-refractivity contribution in [2.45, 2.75) is 77.9 Å². The van der Waals surface area contributed by atoms with Gasteiger partial charge in [0.15, 0.2) is 0 Å². The zero-order chi connectivity index (χ0) is 13.4. The van der Waals surface area contributed by atoms with Gasteiger partial charge in [-0.3, -0.25) is 4.79 Å². The fourth-order valence-corrected chi connectivity index (χ4v) is 2.56. The molecular weight excluding hydrogens is 226 g/mol. The molecule has 0 aromatic rings. The maximum Gasteiger partial charge on any atom is 0.309 e. The molecule has 0 saturated carbocycles. The Bertz CT molecular complexity index is 243. The number of hydrogen-bond donors (Lipinski definition) is 1. The van der Waals surface area contributed by atoms with Crippen LogP contribution in [0.4, 0.5) is 0 Å². The molecule has 3 atom stereocenters. The third kappa shape index (κ3) is 5.85. The average molecular weight is 255 g/mol. The van der Waals surface area contributed by atoms with E-state index in [4.69, 9.17) is 4.74 Å². The number of carbonyl (C=O) groups excluding carboxylic acids is 1. The van der Waals surface area contributed by atoms with Gasteiger partial charge in [0.25, 0.3) is 0 Å². The topological polar surface area (TPSA) is 38.3 Å². The van der Waals surface area contributed by atoms with E-state index in [9.17, 15) is 4.79 Å². The first-order valence-corrected chi connectivity index (χ1v) is 7.57. The van der Waals surface area contributed by atoms with Gasteiger partial charge < -0.3 is 10.1 Å². The second-order valence-electron chi connectivity index (χ2n) is 5.67. The molecule has 1 aliphatic rings. The molecule has 1 rings (SSSR count). The van der Waals surface area contributed by atoms with Crippen LogP contribution in [0.25, 0.3) is 0 Å². The van der Waals surface area contributed by atoms with Crippen LogP contribution in [0.15, 0.2) is 0 Å². The number of esters is 1. The molecule has 0 spiro atoms. The average Bonchev–Trinajstić information content (AvgIpc) is 2.34. The lowest BCUT2D eigenvalue weighted by molar-refractivity contribution is -0.154. The van der Waals surface area contributed by atoms with E-state index in [1.54, 1.807) is 0 Å². The second-order valence-corrected chi connectivity index (χ2v) is 5.67. The smallest absolute Gasteiger partial charge is 0.309 e. The minimum Gasteiger partial charge on any atom is -0.462 e. The maximum atomic E-state index is 12.0. The van der Waals surface area contributed by atoms with E-state index < -0.39 is 0 Å². The van der Waals surface area contributed by atoms with Crippen molar-refractivity contribution in [1.29, 1.82) is 0 Å². The van der Waals surface area contributed by atoms with Gasteiger partial charge in [0.1, 0.15) is 0 Å². The summed E-state index contributed by atoms with van der Waals surface area (Å²) in [6.07, 6.45) is 7.89. The molecule has 1 saturated heterocycles. The van der Waals surface area contributed by atoms with Gasteiger partial charge in [0.05, 0.1) is 12.0 Å². The predicted molar refractivity (Wildman–Crippen MR) is 74.5 cm³/mol. The van der Waals surface area contributed by atoms with Gasteiger partial charge in [-0.2, -0.15) is 0 Å². The fraction of sp³-hybridized carbons (Fsp3) is 0.933. The molecule has 18 heavy (non-hydrogen) atoms. The van der Waals surface area contributed by atoms with Crippen LogP contribution < -0.4 is 5.32 Å². The molecular formula is C15H29NO2. The van der Waals surface area contributed by atoms with E-state index in [1.807, 2.05) is 6.92 Å². The van der Waals surface area contributed by atoms with Crippen molar-refractivity contribution in [3.8, 4) is 0 Å². The van der Waals surface area contributed by atoms with Crippen molar-refractivity contribution in [1.82, 2.24) is 5.32 Å². The summed E-state index contributed by atoms with van der Waals surface area (Å²) in [7, 11) is 0. The molecule has 1 aliphatic heterocycles. The first-order chi connectivity index (χ1) is 8.63. The highest BCUT2D eigenvalue weighted by Gasteiger charge is 2.26. The maximum absolute atomic E-state index is 12.0. The van der Waals surface area contributed by atoms with E-state index in [1.165, 1.54) is 25.7 Å². The Labute approximate surface area is 112 Å². The predicted octanol–water partition coefficient (Wildman–Crippen LogP) is 3.28. The van der Waals surface area contributed by atoms with Crippen LogP contribution in [0, 0.1) is 5.92 Å². The molecule has 3 unspecified atom stereocenters. The normalized spacial score (nSPS) is 25.7. The van der Waals surface area contributed by atoms with Gasteiger partial charge in [-0.25, -0.2) is 0 Å². The number of piperidine rings is 1. The molecule has 3 nitrogen and oxygen atoms in total. The highest BCUT2D eigenvalue weighted by Crippen LogP contribution is 2.19. The first-order valence-electron chi connectivity index (χ1n) is 7.57. The van der Waals surface area contributed by atoms with E-state index in [2.05, 4.69) is 19.2 Å². The Hall–Kier alpha value is -0.570. The van der Waals surface area contributed by atoms with Crippen LogP contribution in [-0.4, -0.2) is 24.7 Å². The summed E-state index contributed by atoms with van der Waals surface area (Å²) in [5, 5.41) is 3.36. The highest BCUT2D eigenvalue weighted by atomic mass is 16.5.